The molecule has 0 bridgehead atoms. The number of phenols is 3. The van der Waals surface area contributed by atoms with Crippen LogP contribution in [0.3, 0.4) is 0 Å². The summed E-state index contributed by atoms with van der Waals surface area (Å²) in [7, 11) is 0. The van der Waals surface area contributed by atoms with Gasteiger partial charge in [-0.1, -0.05) is 302 Å². The summed E-state index contributed by atoms with van der Waals surface area (Å²) in [4.78, 5) is 0. The zero-order valence-electron chi connectivity index (χ0n) is 35.3. The Morgan fingerprint density at radius 1 is 0.224 bits per heavy atom. The highest BCUT2D eigenvalue weighted by molar-refractivity contribution is 5.19. The molecule has 5 aromatic rings. The van der Waals surface area contributed by atoms with E-state index in [-0.39, 0.29) is 52.0 Å². The second-order valence-electron chi connectivity index (χ2n) is 9.14. The number of para-hydroxylation sites is 3. The number of phenolic OH excluding ortho intramolecular Hbond substituents is 3. The summed E-state index contributed by atoms with van der Waals surface area (Å²) in [5.74, 6) is 0.965. The lowest BCUT2D eigenvalue weighted by molar-refractivity contribution is 0.475. The van der Waals surface area contributed by atoms with E-state index in [0.29, 0.717) is 17.2 Å². The van der Waals surface area contributed by atoms with Gasteiger partial charge in [0.2, 0.25) is 0 Å². The van der Waals surface area contributed by atoms with Crippen LogP contribution in [0, 0.1) is 0 Å². The van der Waals surface area contributed by atoms with Gasteiger partial charge in [-0.25, -0.2) is 0 Å². The quantitative estimate of drug-likeness (QED) is 0.146. The minimum absolute atomic E-state index is 0. The molecule has 0 aliphatic heterocycles. The molecule has 0 saturated carbocycles. The highest BCUT2D eigenvalue weighted by Gasteiger charge is 1.76. The topological polar surface area (TPSA) is 60.7 Å². The van der Waals surface area contributed by atoms with Crippen molar-refractivity contribution in [3.63, 3.8) is 0 Å². The van der Waals surface area contributed by atoms with Crippen molar-refractivity contribution in [2.45, 2.75) is 175 Å². The first-order valence-electron chi connectivity index (χ1n) is 19.1. The van der Waals surface area contributed by atoms with Gasteiger partial charge >= 0.3 is 0 Å². The van der Waals surface area contributed by atoms with Crippen molar-refractivity contribution in [3.05, 3.63) is 164 Å². The van der Waals surface area contributed by atoms with Crippen LogP contribution in [-0.4, -0.2) is 15.3 Å². The molecule has 58 heavy (non-hydrogen) atoms. The third-order valence-corrected chi connectivity index (χ3v) is 3.60. The smallest absolute Gasteiger partial charge is 0.115 e. The van der Waals surface area contributed by atoms with E-state index in [1.54, 1.807) is 72.8 Å². The van der Waals surface area contributed by atoms with Crippen LogP contribution < -0.4 is 0 Å². The molecule has 0 amide bonds. The van der Waals surface area contributed by atoms with Crippen LogP contribution in [0.4, 0.5) is 0 Å². The zero-order valence-corrected chi connectivity index (χ0v) is 35.3. The van der Waals surface area contributed by atoms with Gasteiger partial charge in [-0.3, -0.25) is 0 Å². The molecule has 0 unspecified atom stereocenters. The monoisotopic (exact) mass is 817 g/mol. The van der Waals surface area contributed by atoms with Crippen molar-refractivity contribution in [2.75, 3.05) is 0 Å². The number of rotatable bonds is 0. The predicted octanol–water partition coefficient (Wildman–Crippen LogP) is 20.7. The Morgan fingerprint density at radius 2 is 0.293 bits per heavy atom. The molecule has 3 nitrogen and oxygen atoms in total. The standard InChI is InChI=1S/3C6H6O.2C6H6.4C3H8.3C2H6.7CH4/c3*7-6-4-2-1-3-5-6;2*1-2-4-6-5-3-1;4*1-3-2;3*1-2;;;;;;;/h3*1-5,7H;2*1-6H;4*3H2,1-2H3;3*1-2H3;7*1H4. The molecule has 3 N–H and O–H groups in total. The summed E-state index contributed by atoms with van der Waals surface area (Å²) < 4.78 is 0. The Hall–Kier alpha value is -4.50. The van der Waals surface area contributed by atoms with E-state index in [1.165, 1.54) is 25.7 Å². The summed E-state index contributed by atoms with van der Waals surface area (Å²) >= 11 is 0. The van der Waals surface area contributed by atoms with E-state index in [4.69, 9.17) is 15.3 Å². The van der Waals surface area contributed by atoms with Crippen molar-refractivity contribution >= 4 is 0 Å². The summed E-state index contributed by atoms with van der Waals surface area (Å²) in [6.07, 6.45) is 5.00. The third-order valence-electron chi connectivity index (χ3n) is 3.60. The van der Waals surface area contributed by atoms with Crippen LogP contribution in [0.25, 0.3) is 0 Å². The van der Waals surface area contributed by atoms with E-state index in [1.807, 2.05) is 133 Å². The molecule has 0 aliphatic rings. The fourth-order valence-electron chi connectivity index (χ4n) is 2.05. The largest absolute Gasteiger partial charge is 0.508 e. The number of hydrogen-bond donors (Lipinski definition) is 3. The highest BCUT2D eigenvalue weighted by Crippen LogP contribution is 2.04. The Balaban J connectivity index is -0.0000000309. The number of hydrogen-bond acceptors (Lipinski definition) is 3. The fourth-order valence-corrected chi connectivity index (χ4v) is 2.05. The Bertz CT molecular complexity index is 892. The molecule has 0 radical (unpaired) electrons. The minimum atomic E-state index is 0. The van der Waals surface area contributed by atoms with Crippen LogP contribution in [0.1, 0.15) is 175 Å². The highest BCUT2D eigenvalue weighted by atomic mass is 16.3. The van der Waals surface area contributed by atoms with Gasteiger partial charge in [0.15, 0.2) is 0 Å². The Morgan fingerprint density at radius 3 is 0.345 bits per heavy atom. The number of benzene rings is 5. The van der Waals surface area contributed by atoms with Crippen molar-refractivity contribution in [2.24, 2.45) is 0 Å². The van der Waals surface area contributed by atoms with Crippen LogP contribution >= 0.6 is 0 Å². The lowest BCUT2D eigenvalue weighted by atomic mass is 10.3. The molecule has 0 spiro atoms. The lowest BCUT2D eigenvalue weighted by Crippen LogP contribution is -1.56. The van der Waals surface area contributed by atoms with Gasteiger partial charge in [0.25, 0.3) is 0 Å². The van der Waals surface area contributed by atoms with Gasteiger partial charge in [0.05, 0.1) is 0 Å². The van der Waals surface area contributed by atoms with Crippen molar-refractivity contribution in [1.82, 2.24) is 0 Å². The van der Waals surface area contributed by atoms with Gasteiger partial charge in [0, 0.05) is 0 Å². The van der Waals surface area contributed by atoms with E-state index < -0.39 is 0 Å². The molecule has 5 rings (SSSR count). The average Bonchev–Trinajstić information content (AvgIpc) is 3.19. The summed E-state index contributed by atoms with van der Waals surface area (Å²) in [6.45, 7) is 29.0. The van der Waals surface area contributed by atoms with E-state index in [9.17, 15) is 0 Å². The third kappa shape index (κ3) is 132. The Kier molecular flexibility index (Phi) is 180. The van der Waals surface area contributed by atoms with E-state index in [2.05, 4.69) is 55.4 Å². The maximum absolute atomic E-state index is 8.63. The van der Waals surface area contributed by atoms with Crippen molar-refractivity contribution < 1.29 is 15.3 Å². The van der Waals surface area contributed by atoms with Gasteiger partial charge in [0.1, 0.15) is 17.2 Å². The molecule has 346 valence electrons. The van der Waals surface area contributed by atoms with Crippen LogP contribution in [0.15, 0.2) is 164 Å². The summed E-state index contributed by atoms with van der Waals surface area (Å²) in [6, 6.07) is 50.1. The van der Waals surface area contributed by atoms with E-state index in [0.717, 1.165) is 0 Å². The first-order chi connectivity index (χ1) is 24.8. The van der Waals surface area contributed by atoms with Crippen LogP contribution in [0.5, 0.6) is 17.2 Å². The van der Waals surface area contributed by atoms with Gasteiger partial charge < -0.3 is 15.3 Å². The maximum atomic E-state index is 8.63. The first-order valence-corrected chi connectivity index (χ1v) is 19.1. The van der Waals surface area contributed by atoms with Crippen molar-refractivity contribution in [1.29, 1.82) is 0 Å². The van der Waals surface area contributed by atoms with E-state index >= 15 is 0 Å². The molecule has 0 aromatic heterocycles. The average molecular weight is 817 g/mol. The van der Waals surface area contributed by atoms with Crippen LogP contribution in [0.2, 0.25) is 0 Å². The molecule has 0 saturated heterocycles. The molecule has 0 aliphatic carbocycles. The predicted molar refractivity (Wildman–Crippen MR) is 282 cm³/mol. The SMILES string of the molecule is C.C.C.C.C.C.C.CC.CC.CC.CCC.CCC.CCC.CCC.Oc1ccccc1.Oc1ccccc1.Oc1ccccc1.c1ccccc1.c1ccccc1. The molecule has 3 heteroatoms. The molecule has 0 fully saturated rings. The molecule has 5 aromatic carbocycles. The Labute approximate surface area is 369 Å². The maximum Gasteiger partial charge on any atom is 0.115 e. The second-order valence-corrected chi connectivity index (χ2v) is 9.14. The van der Waals surface area contributed by atoms with Gasteiger partial charge in [-0.15, -0.1) is 0 Å². The minimum Gasteiger partial charge on any atom is -0.508 e. The molecule has 0 atom stereocenters. The molecule has 0 heterocycles. The van der Waals surface area contributed by atoms with Crippen molar-refractivity contribution in [3.8, 4) is 17.2 Å². The molecular weight excluding hydrogens is 709 g/mol. The first kappa shape index (κ1) is 94.5. The summed E-state index contributed by atoms with van der Waals surface area (Å²) in [5, 5.41) is 25.9. The summed E-state index contributed by atoms with van der Waals surface area (Å²) in [5.41, 5.74) is 0. The van der Waals surface area contributed by atoms with Gasteiger partial charge in [-0.05, 0) is 36.4 Å². The number of aromatic hydroxyl groups is 3. The normalized spacial score (nSPS) is 6.31. The zero-order chi connectivity index (χ0) is 40.7. The van der Waals surface area contributed by atoms with Gasteiger partial charge in [-0.2, -0.15) is 0 Å². The van der Waals surface area contributed by atoms with Crippen LogP contribution in [-0.2, 0) is 0 Å². The molecular formula is C55H108O3. The lowest BCUT2D eigenvalue weighted by Gasteiger charge is -1.82. The second kappa shape index (κ2) is 110. The fraction of sp³-hybridized carbons (Fsp3) is 0.455.